The zero-order valence-electron chi connectivity index (χ0n) is 9.45. The van der Waals surface area contributed by atoms with E-state index in [-0.39, 0.29) is 20.8 Å². The SMILES string of the molecule is C.C.CCC(C)C(=O)[O-].[3H]C=NC(=O)NC[NH3+]. The minimum Gasteiger partial charge on any atom is -0.550 e. The summed E-state index contributed by atoms with van der Waals surface area (Å²) in [6.07, 6.45) is 0.655. The number of amides is 2. The first-order valence-corrected chi connectivity index (χ1v) is 4.18. The van der Waals surface area contributed by atoms with Gasteiger partial charge in [0.05, 0.1) is 1.37 Å². The average Bonchev–Trinajstić information content (AvgIpc) is 2.18. The second-order valence-corrected chi connectivity index (χ2v) is 2.49. The predicted octanol–water partition coefficient (Wildman–Crippen LogP) is -0.349. The number of quaternary nitrogens is 1. The lowest BCUT2D eigenvalue weighted by atomic mass is 10.1. The van der Waals surface area contributed by atoms with Crippen LogP contribution in [-0.4, -0.2) is 25.4 Å². The van der Waals surface area contributed by atoms with E-state index in [1.165, 1.54) is 0 Å². The third-order valence-electron chi connectivity index (χ3n) is 1.41. The van der Waals surface area contributed by atoms with E-state index in [1.807, 2.05) is 6.92 Å². The standard InChI is InChI=1S/C5H10O2.C3H7N3O.2CH4/c1-3-4(2)5(6)7;1-5-3(7)6-2-4;;/h4H,3H2,1-2H3,(H,6,7);1-2,4H2,(H,6,7);2*1H4/i;1T;;. The Hall–Kier alpha value is -1.43. The number of rotatable bonds is 3. The zero-order valence-corrected chi connectivity index (χ0v) is 8.45. The van der Waals surface area contributed by atoms with Crippen LogP contribution in [0.5, 0.6) is 0 Å². The summed E-state index contributed by atoms with van der Waals surface area (Å²) in [4.78, 5) is 23.1. The molecule has 98 valence electrons. The maximum absolute atomic E-state index is 10.2. The van der Waals surface area contributed by atoms with Crippen molar-refractivity contribution >= 4 is 18.7 Å². The van der Waals surface area contributed by atoms with Gasteiger partial charge in [-0.1, -0.05) is 28.7 Å². The summed E-state index contributed by atoms with van der Waals surface area (Å²) >= 11 is 0. The molecule has 0 aliphatic rings. The molecule has 0 radical (unpaired) electrons. The van der Waals surface area contributed by atoms with Gasteiger partial charge in [0.15, 0.2) is 6.67 Å². The Morgan fingerprint density at radius 3 is 2.31 bits per heavy atom. The predicted molar refractivity (Wildman–Crippen MR) is 63.8 cm³/mol. The van der Waals surface area contributed by atoms with Crippen LogP contribution in [0.25, 0.3) is 0 Å². The van der Waals surface area contributed by atoms with E-state index in [4.69, 9.17) is 1.37 Å². The van der Waals surface area contributed by atoms with Crippen LogP contribution in [0.3, 0.4) is 0 Å². The van der Waals surface area contributed by atoms with Crippen LogP contribution in [0.4, 0.5) is 4.79 Å². The van der Waals surface area contributed by atoms with Crippen molar-refractivity contribution < 1.29 is 21.8 Å². The molecule has 6 heteroatoms. The minimum absolute atomic E-state index is 0. The van der Waals surface area contributed by atoms with Crippen LogP contribution >= 0.6 is 0 Å². The van der Waals surface area contributed by atoms with E-state index in [9.17, 15) is 14.7 Å². The summed E-state index contributed by atoms with van der Waals surface area (Å²) in [5.74, 6) is -1.25. The molecule has 0 heterocycles. The van der Waals surface area contributed by atoms with Crippen LogP contribution in [0, 0.1) is 5.92 Å². The molecule has 0 aliphatic heterocycles. The number of nitrogens with one attached hydrogen (secondary N) is 1. The lowest BCUT2D eigenvalue weighted by Gasteiger charge is -2.06. The molecular weight excluding hydrogens is 210 g/mol. The van der Waals surface area contributed by atoms with Gasteiger partial charge >= 0.3 is 6.03 Å². The van der Waals surface area contributed by atoms with E-state index in [0.717, 1.165) is 0 Å². The Morgan fingerprint density at radius 1 is 1.62 bits per heavy atom. The highest BCUT2D eigenvalue weighted by Gasteiger charge is 1.94. The zero-order chi connectivity index (χ0) is 12.3. The van der Waals surface area contributed by atoms with Crippen molar-refractivity contribution in [1.29, 1.82) is 0 Å². The van der Waals surface area contributed by atoms with Crippen molar-refractivity contribution in [2.45, 2.75) is 35.1 Å². The van der Waals surface area contributed by atoms with Crippen molar-refractivity contribution in [1.82, 2.24) is 5.32 Å². The van der Waals surface area contributed by atoms with Gasteiger partial charge in [-0.15, -0.1) is 0 Å². The smallest absolute Gasteiger partial charge is 0.344 e. The highest BCUT2D eigenvalue weighted by Crippen LogP contribution is 1.95. The highest BCUT2D eigenvalue weighted by atomic mass is 16.4. The molecule has 4 N–H and O–H groups in total. The highest BCUT2D eigenvalue weighted by molar-refractivity contribution is 5.78. The Bertz CT molecular complexity index is 223. The van der Waals surface area contributed by atoms with Crippen LogP contribution in [0.15, 0.2) is 4.99 Å². The van der Waals surface area contributed by atoms with E-state index in [1.54, 1.807) is 6.92 Å². The molecule has 16 heavy (non-hydrogen) atoms. The average molecular weight is 237 g/mol. The van der Waals surface area contributed by atoms with E-state index >= 15 is 0 Å². The molecule has 6 nitrogen and oxygen atoms in total. The van der Waals surface area contributed by atoms with E-state index in [0.29, 0.717) is 19.8 Å². The van der Waals surface area contributed by atoms with Gasteiger partial charge in [0.25, 0.3) is 0 Å². The number of carboxylic acid groups (broad SMARTS) is 1. The van der Waals surface area contributed by atoms with Gasteiger partial charge in [0.1, 0.15) is 0 Å². The number of nitrogens with zero attached hydrogens (tertiary/aromatic N) is 1. The molecule has 2 amide bonds. The van der Waals surface area contributed by atoms with Crippen LogP contribution in [0.1, 0.15) is 36.5 Å². The first kappa shape index (κ1) is 20.0. The number of urea groups is 1. The summed E-state index contributed by atoms with van der Waals surface area (Å²) in [5.41, 5.74) is 3.34. The molecule has 1 unspecified atom stereocenters. The number of carboxylic acids is 1. The number of hydrogen-bond acceptors (Lipinski definition) is 3. The fraction of sp³-hybridized carbons (Fsp3) is 0.700. The molecule has 0 saturated carbocycles. The molecule has 0 aliphatic carbocycles. The maximum atomic E-state index is 10.2. The number of carbonyl (C=O) groups excluding carboxylic acids is 2. The van der Waals surface area contributed by atoms with E-state index < -0.39 is 12.0 Å². The molecule has 0 aromatic heterocycles. The number of aliphatic carboxylic acids is 1. The van der Waals surface area contributed by atoms with Crippen molar-refractivity contribution in [2.75, 3.05) is 6.67 Å². The fourth-order valence-electron chi connectivity index (χ4n) is 0.319. The molecular formula is C10H25N3O3. The van der Waals surface area contributed by atoms with Crippen LogP contribution in [-0.2, 0) is 4.79 Å². The normalized spacial score (nSPS) is 10.8. The molecule has 1 atom stereocenters. The van der Waals surface area contributed by atoms with Crippen molar-refractivity contribution in [2.24, 2.45) is 10.9 Å². The number of carbonyl (C=O) groups is 2. The Balaban J connectivity index is -0.0000000896. The quantitative estimate of drug-likeness (QED) is 0.517. The largest absolute Gasteiger partial charge is 0.550 e. The van der Waals surface area contributed by atoms with Gasteiger partial charge in [0, 0.05) is 5.97 Å². The minimum atomic E-state index is -0.956. The lowest BCUT2D eigenvalue weighted by molar-refractivity contribution is -0.371. The number of aliphatic imine (C=N–C) groups is 1. The molecule has 0 rings (SSSR count). The first-order chi connectivity index (χ1) is 6.99. The first-order valence-electron chi connectivity index (χ1n) is 4.76. The topological polar surface area (TPSA) is 109 Å². The van der Waals surface area contributed by atoms with Gasteiger partial charge in [-0.3, -0.25) is 5.32 Å². The molecule has 0 bridgehead atoms. The van der Waals surface area contributed by atoms with Crippen molar-refractivity contribution in [3.05, 3.63) is 0 Å². The monoisotopic (exact) mass is 237 g/mol. The van der Waals surface area contributed by atoms with Gasteiger partial charge in [-0.05, 0) is 19.0 Å². The molecule has 0 spiro atoms. The van der Waals surface area contributed by atoms with E-state index in [2.05, 4.69) is 16.0 Å². The molecule has 0 aromatic carbocycles. The Labute approximate surface area is 99.3 Å². The van der Waals surface area contributed by atoms with Gasteiger partial charge in [0.2, 0.25) is 0 Å². The third-order valence-corrected chi connectivity index (χ3v) is 1.41. The fourth-order valence-corrected chi connectivity index (χ4v) is 0.319. The van der Waals surface area contributed by atoms with Crippen molar-refractivity contribution in [3.8, 4) is 0 Å². The third kappa shape index (κ3) is 18.4. The summed E-state index contributed by atoms with van der Waals surface area (Å²) in [5, 5.41) is 12.1. The maximum Gasteiger partial charge on any atom is 0.344 e. The van der Waals surface area contributed by atoms with Gasteiger partial charge in [-0.25, -0.2) is 9.79 Å². The second kappa shape index (κ2) is 16.0. The second-order valence-electron chi connectivity index (χ2n) is 2.49. The summed E-state index contributed by atoms with van der Waals surface area (Å²) in [6, 6.07) is -0.519. The summed E-state index contributed by atoms with van der Waals surface area (Å²) in [6.45, 7) is 4.44. The molecule has 0 saturated heterocycles. The molecule has 0 fully saturated rings. The number of hydrogen-bond donors (Lipinski definition) is 2. The summed E-state index contributed by atoms with van der Waals surface area (Å²) < 4.78 is 6.34. The van der Waals surface area contributed by atoms with Crippen LogP contribution in [0.2, 0.25) is 0 Å². The molecule has 0 aromatic rings. The summed E-state index contributed by atoms with van der Waals surface area (Å²) in [7, 11) is 0. The Morgan fingerprint density at radius 2 is 2.12 bits per heavy atom. The Kier molecular flexibility index (Phi) is 20.1. The van der Waals surface area contributed by atoms with Crippen molar-refractivity contribution in [3.63, 3.8) is 0 Å². The van der Waals surface area contributed by atoms with Crippen LogP contribution < -0.4 is 16.2 Å². The van der Waals surface area contributed by atoms with Gasteiger partial charge in [-0.2, -0.15) is 0 Å². The lowest BCUT2D eigenvalue weighted by Crippen LogP contribution is -2.58. The van der Waals surface area contributed by atoms with Gasteiger partial charge < -0.3 is 15.6 Å².